The first-order valence-electron chi connectivity index (χ1n) is 7.08. The SMILES string of the molecule is C/N=C1/CN(O)C(c2ccccc2)=c2cc(Cl)ccc2=N1.ClCCl. The summed E-state index contributed by atoms with van der Waals surface area (Å²) in [4.78, 5) is 8.60. The maximum atomic E-state index is 10.5. The van der Waals surface area contributed by atoms with Gasteiger partial charge < -0.3 is 0 Å². The zero-order valence-electron chi connectivity index (χ0n) is 13.0. The third-order valence-corrected chi connectivity index (χ3v) is 3.55. The Kier molecular flexibility index (Phi) is 7.06. The van der Waals surface area contributed by atoms with E-state index in [0.29, 0.717) is 16.6 Å². The number of hydroxylamine groups is 2. The van der Waals surface area contributed by atoms with Gasteiger partial charge in [-0.2, -0.15) is 0 Å². The van der Waals surface area contributed by atoms with E-state index in [1.807, 2.05) is 42.5 Å². The highest BCUT2D eigenvalue weighted by molar-refractivity contribution is 6.40. The molecule has 2 aromatic rings. The van der Waals surface area contributed by atoms with Gasteiger partial charge in [-0.15, -0.1) is 23.2 Å². The Morgan fingerprint density at radius 2 is 1.83 bits per heavy atom. The van der Waals surface area contributed by atoms with Gasteiger partial charge in [0.15, 0.2) is 0 Å². The van der Waals surface area contributed by atoms with Crippen molar-refractivity contribution in [2.45, 2.75) is 0 Å². The molecule has 0 unspecified atom stereocenters. The molecule has 7 heteroatoms. The molecule has 2 aromatic carbocycles. The van der Waals surface area contributed by atoms with Crippen LogP contribution in [0.15, 0.2) is 58.5 Å². The van der Waals surface area contributed by atoms with Crippen molar-refractivity contribution in [3.05, 3.63) is 69.7 Å². The number of hydrogen-bond acceptors (Lipinski definition) is 3. The lowest BCUT2D eigenvalue weighted by Gasteiger charge is -2.19. The Balaban J connectivity index is 0.000000647. The molecule has 0 radical (unpaired) electrons. The van der Waals surface area contributed by atoms with Crippen LogP contribution in [-0.4, -0.2) is 35.0 Å². The van der Waals surface area contributed by atoms with Crippen molar-refractivity contribution < 1.29 is 5.21 Å². The smallest absolute Gasteiger partial charge is 0.145 e. The van der Waals surface area contributed by atoms with Crippen molar-refractivity contribution >= 4 is 46.3 Å². The fourth-order valence-corrected chi connectivity index (χ4v) is 2.52. The molecule has 0 saturated carbocycles. The summed E-state index contributed by atoms with van der Waals surface area (Å²) in [5.41, 5.74) is 1.58. The van der Waals surface area contributed by atoms with Gasteiger partial charge in [0.25, 0.3) is 0 Å². The molecule has 0 aliphatic carbocycles. The minimum atomic E-state index is 0.194. The standard InChI is InChI=1S/C16H14ClN3O.CH2Cl2/c1-18-15-10-20(21)16(11-5-3-2-4-6-11)13-9-12(17)7-8-14(13)19-15;2-1-3/h2-9,21H,10H2,1H3;1H2/b18-15-;. The molecule has 3 rings (SSSR count). The van der Waals surface area contributed by atoms with E-state index < -0.39 is 0 Å². The normalized spacial score (nSPS) is 15.1. The van der Waals surface area contributed by atoms with Crippen LogP contribution in [0.1, 0.15) is 5.56 Å². The second-order valence-corrected chi connectivity index (χ2v) is 6.03. The summed E-state index contributed by atoms with van der Waals surface area (Å²) in [5, 5.41) is 14.0. The van der Waals surface area contributed by atoms with Gasteiger partial charge in [-0.3, -0.25) is 10.2 Å². The lowest BCUT2D eigenvalue weighted by atomic mass is 10.1. The molecule has 0 saturated heterocycles. The second-order valence-electron chi connectivity index (χ2n) is 4.79. The van der Waals surface area contributed by atoms with Crippen molar-refractivity contribution in [1.29, 1.82) is 0 Å². The molecule has 0 aromatic heterocycles. The van der Waals surface area contributed by atoms with Crippen LogP contribution in [0.25, 0.3) is 5.70 Å². The first kappa shape index (κ1) is 18.7. The summed E-state index contributed by atoms with van der Waals surface area (Å²) in [6.07, 6.45) is 0. The number of alkyl halides is 2. The summed E-state index contributed by atoms with van der Waals surface area (Å²) in [7, 11) is 1.66. The van der Waals surface area contributed by atoms with Gasteiger partial charge in [0, 0.05) is 22.9 Å². The van der Waals surface area contributed by atoms with Crippen LogP contribution in [0.4, 0.5) is 0 Å². The van der Waals surface area contributed by atoms with E-state index in [4.69, 9.17) is 34.8 Å². The molecular formula is C17H16Cl3N3O. The molecule has 1 heterocycles. The van der Waals surface area contributed by atoms with Gasteiger partial charge in [0.2, 0.25) is 0 Å². The molecule has 0 fully saturated rings. The van der Waals surface area contributed by atoms with Gasteiger partial charge >= 0.3 is 0 Å². The molecular weight excluding hydrogens is 369 g/mol. The van der Waals surface area contributed by atoms with Gasteiger partial charge in [0.1, 0.15) is 12.4 Å². The fraction of sp³-hybridized carbons (Fsp3) is 0.176. The third-order valence-electron chi connectivity index (χ3n) is 3.32. The van der Waals surface area contributed by atoms with Gasteiger partial charge in [-0.1, -0.05) is 41.9 Å². The number of hydrogen-bond donors (Lipinski definition) is 1. The summed E-state index contributed by atoms with van der Waals surface area (Å²) in [6, 6.07) is 15.1. The number of fused-ring (bicyclic) bond motifs is 1. The molecule has 126 valence electrons. The fourth-order valence-electron chi connectivity index (χ4n) is 2.34. The minimum absolute atomic E-state index is 0.194. The van der Waals surface area contributed by atoms with Crippen molar-refractivity contribution in [3.8, 4) is 0 Å². The number of rotatable bonds is 1. The predicted molar refractivity (Wildman–Crippen MR) is 99.6 cm³/mol. The molecule has 0 amide bonds. The van der Waals surface area contributed by atoms with E-state index in [1.165, 1.54) is 5.06 Å². The average Bonchev–Trinajstić information content (AvgIpc) is 2.71. The van der Waals surface area contributed by atoms with Gasteiger partial charge in [-0.05, 0) is 18.2 Å². The Bertz CT molecular complexity index is 838. The van der Waals surface area contributed by atoms with Crippen molar-refractivity contribution in [3.63, 3.8) is 0 Å². The molecule has 0 spiro atoms. The highest BCUT2D eigenvalue weighted by Gasteiger charge is 2.17. The van der Waals surface area contributed by atoms with Crippen LogP contribution in [0.5, 0.6) is 0 Å². The number of amidine groups is 1. The minimum Gasteiger partial charge on any atom is -0.288 e. The van der Waals surface area contributed by atoms with Crippen molar-refractivity contribution in [2.75, 3.05) is 18.9 Å². The largest absolute Gasteiger partial charge is 0.288 e. The Labute approximate surface area is 155 Å². The van der Waals surface area contributed by atoms with Crippen LogP contribution in [0.3, 0.4) is 0 Å². The topological polar surface area (TPSA) is 48.2 Å². The monoisotopic (exact) mass is 383 g/mol. The van der Waals surface area contributed by atoms with Crippen LogP contribution in [0, 0.1) is 0 Å². The van der Waals surface area contributed by atoms with Gasteiger partial charge in [0.05, 0.1) is 16.4 Å². The summed E-state index contributed by atoms with van der Waals surface area (Å²) >= 11 is 15.6. The number of nitrogens with zero attached hydrogens (tertiary/aromatic N) is 3. The first-order chi connectivity index (χ1) is 11.6. The van der Waals surface area contributed by atoms with Crippen LogP contribution >= 0.6 is 34.8 Å². The maximum absolute atomic E-state index is 10.5. The summed E-state index contributed by atoms with van der Waals surface area (Å²) in [5.74, 6) is 0.562. The third kappa shape index (κ3) is 4.48. The zero-order chi connectivity index (χ0) is 17.5. The average molecular weight is 385 g/mol. The second kappa shape index (κ2) is 9.04. The Hall–Kier alpha value is -1.59. The van der Waals surface area contributed by atoms with Crippen molar-refractivity contribution in [2.24, 2.45) is 9.98 Å². The lowest BCUT2D eigenvalue weighted by Crippen LogP contribution is -2.31. The molecule has 0 atom stereocenters. The van der Waals surface area contributed by atoms with E-state index in [1.54, 1.807) is 13.1 Å². The van der Waals surface area contributed by atoms with Crippen molar-refractivity contribution in [1.82, 2.24) is 5.06 Å². The summed E-state index contributed by atoms with van der Waals surface area (Å²) in [6.45, 7) is 0.229. The molecule has 4 nitrogen and oxygen atoms in total. The van der Waals surface area contributed by atoms with E-state index >= 15 is 0 Å². The molecule has 1 aliphatic rings. The van der Waals surface area contributed by atoms with E-state index in [0.717, 1.165) is 16.1 Å². The molecule has 1 N–H and O–H groups in total. The Morgan fingerprint density at radius 1 is 1.17 bits per heavy atom. The molecule has 1 aliphatic heterocycles. The van der Waals surface area contributed by atoms with E-state index in [-0.39, 0.29) is 11.9 Å². The number of aliphatic imine (C=N–C) groups is 1. The lowest BCUT2D eigenvalue weighted by molar-refractivity contribution is -0.0119. The first-order valence-corrected chi connectivity index (χ1v) is 8.53. The van der Waals surface area contributed by atoms with Gasteiger partial charge in [-0.25, -0.2) is 10.1 Å². The highest BCUT2D eigenvalue weighted by Crippen LogP contribution is 2.15. The van der Waals surface area contributed by atoms with Crippen LogP contribution < -0.4 is 10.6 Å². The quantitative estimate of drug-likeness (QED) is 0.767. The highest BCUT2D eigenvalue weighted by atomic mass is 35.5. The summed E-state index contributed by atoms with van der Waals surface area (Å²) < 4.78 is 0. The predicted octanol–water partition coefficient (Wildman–Crippen LogP) is 3.27. The molecule has 24 heavy (non-hydrogen) atoms. The number of halogens is 3. The number of benzene rings is 2. The van der Waals surface area contributed by atoms with Crippen LogP contribution in [0.2, 0.25) is 5.02 Å². The van der Waals surface area contributed by atoms with E-state index in [2.05, 4.69) is 9.98 Å². The van der Waals surface area contributed by atoms with E-state index in [9.17, 15) is 5.21 Å². The molecule has 0 bridgehead atoms. The van der Waals surface area contributed by atoms with Crippen LogP contribution in [-0.2, 0) is 0 Å². The zero-order valence-corrected chi connectivity index (χ0v) is 15.2. The maximum Gasteiger partial charge on any atom is 0.145 e. The Morgan fingerprint density at radius 3 is 2.46 bits per heavy atom.